The van der Waals surface area contributed by atoms with Gasteiger partial charge in [-0.05, 0) is 43.0 Å². The number of benzene rings is 2. The fraction of sp³-hybridized carbons (Fsp3) is 0.316. The average Bonchev–Trinajstić information content (AvgIpc) is 3.07. The molecule has 2 amide bonds. The molecule has 0 unspecified atom stereocenters. The number of carbonyl (C=O) groups is 1. The van der Waals surface area contributed by atoms with E-state index in [-0.39, 0.29) is 12.1 Å². The lowest BCUT2D eigenvalue weighted by atomic mass is 10.1. The summed E-state index contributed by atoms with van der Waals surface area (Å²) in [5, 5.41) is 2.93. The van der Waals surface area contributed by atoms with E-state index in [1.54, 1.807) is 18.2 Å². The zero-order chi connectivity index (χ0) is 18.7. The molecule has 1 aliphatic heterocycles. The molecule has 2 N–H and O–H groups in total. The summed E-state index contributed by atoms with van der Waals surface area (Å²) in [6.07, 6.45) is 2.99. The van der Waals surface area contributed by atoms with Crippen molar-refractivity contribution in [2.45, 2.75) is 25.8 Å². The van der Waals surface area contributed by atoms with Gasteiger partial charge in [0.1, 0.15) is 0 Å². The van der Waals surface area contributed by atoms with E-state index in [9.17, 15) is 13.2 Å². The highest BCUT2D eigenvalue weighted by molar-refractivity contribution is 7.92. The first-order valence-electron chi connectivity index (χ1n) is 8.54. The largest absolute Gasteiger partial charge is 0.322 e. The molecule has 0 bridgehead atoms. The molecule has 1 atom stereocenters. The molecular formula is C19H23N3O3S. The van der Waals surface area contributed by atoms with E-state index in [4.69, 9.17) is 0 Å². The van der Waals surface area contributed by atoms with E-state index in [2.05, 4.69) is 10.0 Å². The summed E-state index contributed by atoms with van der Waals surface area (Å²) >= 11 is 0. The van der Waals surface area contributed by atoms with Crippen LogP contribution < -0.4 is 10.0 Å². The van der Waals surface area contributed by atoms with Gasteiger partial charge in [-0.25, -0.2) is 13.2 Å². The van der Waals surface area contributed by atoms with Gasteiger partial charge in [0, 0.05) is 12.2 Å². The summed E-state index contributed by atoms with van der Waals surface area (Å²) in [5.74, 6) is 0. The molecule has 0 saturated carbocycles. The van der Waals surface area contributed by atoms with E-state index >= 15 is 0 Å². The first-order chi connectivity index (χ1) is 12.3. The third-order valence-corrected chi connectivity index (χ3v) is 5.09. The highest BCUT2D eigenvalue weighted by Gasteiger charge is 2.30. The Morgan fingerprint density at radius 3 is 2.58 bits per heavy atom. The molecule has 2 aromatic rings. The van der Waals surface area contributed by atoms with Crippen LogP contribution in [0.2, 0.25) is 0 Å². The third-order valence-electron chi connectivity index (χ3n) is 4.48. The Labute approximate surface area is 154 Å². The number of urea groups is 1. The van der Waals surface area contributed by atoms with Crippen molar-refractivity contribution < 1.29 is 13.2 Å². The molecule has 138 valence electrons. The smallest absolute Gasteiger partial charge is 0.317 e. The van der Waals surface area contributed by atoms with Crippen molar-refractivity contribution in [3.63, 3.8) is 0 Å². The number of rotatable bonds is 4. The number of hydrogen-bond donors (Lipinski definition) is 2. The molecule has 2 aromatic carbocycles. The first kappa shape index (κ1) is 18.3. The number of amides is 2. The summed E-state index contributed by atoms with van der Waals surface area (Å²) < 4.78 is 25.3. The average molecular weight is 373 g/mol. The molecule has 1 saturated heterocycles. The number of hydrogen-bond acceptors (Lipinski definition) is 3. The molecule has 0 radical (unpaired) electrons. The fourth-order valence-corrected chi connectivity index (χ4v) is 3.81. The highest BCUT2D eigenvalue weighted by Crippen LogP contribution is 2.32. The van der Waals surface area contributed by atoms with Gasteiger partial charge in [-0.1, -0.05) is 36.4 Å². The summed E-state index contributed by atoms with van der Waals surface area (Å²) in [7, 11) is -3.37. The number of nitrogens with zero attached hydrogens (tertiary/aromatic N) is 1. The lowest BCUT2D eigenvalue weighted by molar-refractivity contribution is 0.207. The lowest BCUT2D eigenvalue weighted by Gasteiger charge is -2.26. The maximum absolute atomic E-state index is 12.8. The molecule has 1 aliphatic rings. The number of aryl methyl sites for hydroxylation is 1. The van der Waals surface area contributed by atoms with Crippen LogP contribution in [-0.2, 0) is 10.0 Å². The maximum atomic E-state index is 12.8. The Balaban J connectivity index is 1.78. The van der Waals surface area contributed by atoms with E-state index in [0.29, 0.717) is 17.9 Å². The molecule has 26 heavy (non-hydrogen) atoms. The Hall–Kier alpha value is -2.54. The van der Waals surface area contributed by atoms with Gasteiger partial charge < -0.3 is 10.2 Å². The summed E-state index contributed by atoms with van der Waals surface area (Å²) in [6, 6.07) is 15.0. The standard InChI is InChI=1S/C19H23N3O3S/c1-14-10-11-16(21-26(2,24)25)13-17(14)20-19(23)22-12-6-9-18(22)15-7-4-3-5-8-15/h3-5,7-8,10-11,13,18,21H,6,9,12H2,1-2H3,(H,20,23)/t18-/m1/s1. The number of carbonyl (C=O) groups excluding carboxylic acids is 1. The number of likely N-dealkylation sites (tertiary alicyclic amines) is 1. The van der Waals surface area contributed by atoms with Crippen LogP contribution in [-0.4, -0.2) is 32.1 Å². The second kappa shape index (κ2) is 7.37. The van der Waals surface area contributed by atoms with Gasteiger partial charge in [0.05, 0.1) is 18.0 Å². The molecule has 7 heteroatoms. The monoisotopic (exact) mass is 373 g/mol. The van der Waals surface area contributed by atoms with Crippen LogP contribution in [0.15, 0.2) is 48.5 Å². The number of anilines is 2. The minimum absolute atomic E-state index is 0.0637. The predicted octanol–water partition coefficient (Wildman–Crippen LogP) is 3.74. The second-order valence-electron chi connectivity index (χ2n) is 6.60. The third kappa shape index (κ3) is 4.35. The van der Waals surface area contributed by atoms with Crippen LogP contribution >= 0.6 is 0 Å². The SMILES string of the molecule is Cc1ccc(NS(C)(=O)=O)cc1NC(=O)N1CCC[C@@H]1c1ccccc1. The first-order valence-corrected chi connectivity index (χ1v) is 10.4. The van der Waals surface area contributed by atoms with Crippen molar-refractivity contribution in [1.82, 2.24) is 4.90 Å². The van der Waals surface area contributed by atoms with Crippen molar-refractivity contribution >= 4 is 27.4 Å². The van der Waals surface area contributed by atoms with Gasteiger partial charge >= 0.3 is 6.03 Å². The molecule has 0 spiro atoms. The van der Waals surface area contributed by atoms with Crippen LogP contribution in [0.4, 0.5) is 16.2 Å². The minimum Gasteiger partial charge on any atom is -0.317 e. The van der Waals surface area contributed by atoms with Crippen LogP contribution in [0.3, 0.4) is 0 Å². The topological polar surface area (TPSA) is 78.5 Å². The fourth-order valence-electron chi connectivity index (χ4n) is 3.25. The van der Waals surface area contributed by atoms with Crippen molar-refractivity contribution in [2.24, 2.45) is 0 Å². The van der Waals surface area contributed by atoms with Gasteiger partial charge in [0.2, 0.25) is 10.0 Å². The van der Waals surface area contributed by atoms with Crippen LogP contribution in [0, 0.1) is 6.92 Å². The molecule has 3 rings (SSSR count). The molecule has 6 nitrogen and oxygen atoms in total. The van der Waals surface area contributed by atoms with Crippen molar-refractivity contribution in [3.8, 4) is 0 Å². The second-order valence-corrected chi connectivity index (χ2v) is 8.34. The Morgan fingerprint density at radius 1 is 1.15 bits per heavy atom. The molecular weight excluding hydrogens is 350 g/mol. The van der Waals surface area contributed by atoms with Gasteiger partial charge in [-0.3, -0.25) is 4.72 Å². The molecule has 0 aliphatic carbocycles. The Kier molecular flexibility index (Phi) is 5.18. The van der Waals surface area contributed by atoms with Gasteiger partial charge in [-0.15, -0.1) is 0 Å². The highest BCUT2D eigenvalue weighted by atomic mass is 32.2. The molecule has 1 fully saturated rings. The number of nitrogens with one attached hydrogen (secondary N) is 2. The molecule has 1 heterocycles. The van der Waals surface area contributed by atoms with Gasteiger partial charge in [0.15, 0.2) is 0 Å². The van der Waals surface area contributed by atoms with E-state index in [1.165, 1.54) is 0 Å². The Morgan fingerprint density at radius 2 is 1.88 bits per heavy atom. The Bertz CT molecular complexity index is 898. The van der Waals surface area contributed by atoms with Gasteiger partial charge in [0.25, 0.3) is 0 Å². The van der Waals surface area contributed by atoms with Crippen LogP contribution in [0.1, 0.15) is 30.0 Å². The summed E-state index contributed by atoms with van der Waals surface area (Å²) in [6.45, 7) is 2.57. The normalized spacial score (nSPS) is 17.2. The maximum Gasteiger partial charge on any atom is 0.322 e. The lowest BCUT2D eigenvalue weighted by Crippen LogP contribution is -2.34. The van der Waals surface area contributed by atoms with Crippen molar-refractivity contribution in [3.05, 3.63) is 59.7 Å². The summed E-state index contributed by atoms with van der Waals surface area (Å²) in [5.41, 5.74) is 3.02. The number of sulfonamides is 1. The molecule has 0 aromatic heterocycles. The van der Waals surface area contributed by atoms with Gasteiger partial charge in [-0.2, -0.15) is 0 Å². The van der Waals surface area contributed by atoms with Crippen LogP contribution in [0.25, 0.3) is 0 Å². The van der Waals surface area contributed by atoms with E-state index in [1.807, 2.05) is 42.2 Å². The predicted molar refractivity (Wildman–Crippen MR) is 104 cm³/mol. The van der Waals surface area contributed by atoms with E-state index < -0.39 is 10.0 Å². The quantitative estimate of drug-likeness (QED) is 0.857. The summed E-state index contributed by atoms with van der Waals surface area (Å²) in [4.78, 5) is 14.7. The zero-order valence-electron chi connectivity index (χ0n) is 14.9. The minimum atomic E-state index is -3.37. The van der Waals surface area contributed by atoms with E-state index in [0.717, 1.165) is 30.2 Å². The van der Waals surface area contributed by atoms with Crippen molar-refractivity contribution in [1.29, 1.82) is 0 Å². The van der Waals surface area contributed by atoms with Crippen molar-refractivity contribution in [2.75, 3.05) is 22.8 Å². The van der Waals surface area contributed by atoms with Crippen LogP contribution in [0.5, 0.6) is 0 Å². The zero-order valence-corrected chi connectivity index (χ0v) is 15.7.